The monoisotopic (exact) mass is 463 g/mol. The minimum absolute atomic E-state index is 0.0318. The van der Waals surface area contributed by atoms with Crippen molar-refractivity contribution in [2.75, 3.05) is 11.9 Å². The van der Waals surface area contributed by atoms with E-state index in [0.29, 0.717) is 5.92 Å². The standard InChI is InChI=1S/C19H17N3O7S2/c23-16(10-29-18(24)15-8-11-1-2-12(15)7-11)21-19-20-9-17(30-19)31(27,28)14-5-3-13(4-6-14)22(25)26/h1-6,9,11-12,15H,7-8,10H2,(H,20,21,23). The molecule has 1 aromatic heterocycles. The van der Waals surface area contributed by atoms with Gasteiger partial charge in [0, 0.05) is 12.1 Å². The molecular formula is C19H17N3O7S2. The first kappa shape index (κ1) is 21.1. The third kappa shape index (κ3) is 4.35. The fourth-order valence-electron chi connectivity index (χ4n) is 3.76. The van der Waals surface area contributed by atoms with E-state index in [9.17, 15) is 28.1 Å². The Balaban J connectivity index is 1.34. The zero-order valence-corrected chi connectivity index (χ0v) is 17.6. The van der Waals surface area contributed by atoms with E-state index in [1.165, 1.54) is 0 Å². The van der Waals surface area contributed by atoms with Gasteiger partial charge in [0.1, 0.15) is 4.21 Å². The molecule has 0 spiro atoms. The van der Waals surface area contributed by atoms with E-state index in [0.717, 1.165) is 54.6 Å². The second kappa shape index (κ2) is 8.19. The van der Waals surface area contributed by atoms with Gasteiger partial charge in [0.25, 0.3) is 11.6 Å². The summed E-state index contributed by atoms with van der Waals surface area (Å²) >= 11 is 0.728. The highest BCUT2D eigenvalue weighted by Gasteiger charge is 2.40. The second-order valence-corrected chi connectivity index (χ2v) is 10.5. The van der Waals surface area contributed by atoms with Crippen LogP contribution in [-0.4, -0.2) is 36.8 Å². The highest BCUT2D eigenvalue weighted by molar-refractivity contribution is 7.93. The molecule has 1 heterocycles. The third-order valence-electron chi connectivity index (χ3n) is 5.28. The van der Waals surface area contributed by atoms with E-state index in [1.807, 2.05) is 6.08 Å². The number of thiazole rings is 1. The number of sulfone groups is 1. The number of allylic oxidation sites excluding steroid dienone is 2. The minimum Gasteiger partial charge on any atom is -0.455 e. The Morgan fingerprint density at radius 2 is 1.97 bits per heavy atom. The number of nitro benzene ring substituents is 1. The molecule has 0 aliphatic heterocycles. The van der Waals surface area contributed by atoms with Crippen LogP contribution < -0.4 is 5.32 Å². The van der Waals surface area contributed by atoms with Gasteiger partial charge in [-0.25, -0.2) is 13.4 Å². The Labute approximate surface area is 181 Å². The van der Waals surface area contributed by atoms with Gasteiger partial charge < -0.3 is 4.74 Å². The maximum Gasteiger partial charge on any atom is 0.310 e. The largest absolute Gasteiger partial charge is 0.455 e. The van der Waals surface area contributed by atoms with Crippen LogP contribution in [0.25, 0.3) is 0 Å². The number of esters is 1. The summed E-state index contributed by atoms with van der Waals surface area (Å²) in [7, 11) is -3.95. The smallest absolute Gasteiger partial charge is 0.310 e. The number of nitrogens with one attached hydrogen (secondary N) is 1. The molecule has 3 atom stereocenters. The fraction of sp³-hybridized carbons (Fsp3) is 0.316. The lowest BCUT2D eigenvalue weighted by atomic mass is 9.94. The van der Waals surface area contributed by atoms with E-state index in [2.05, 4.69) is 16.4 Å². The number of rotatable bonds is 7. The summed E-state index contributed by atoms with van der Waals surface area (Å²) in [5.41, 5.74) is -0.229. The summed E-state index contributed by atoms with van der Waals surface area (Å²) in [5, 5.41) is 13.2. The molecule has 162 valence electrons. The van der Waals surface area contributed by atoms with Gasteiger partial charge in [-0.3, -0.25) is 25.0 Å². The van der Waals surface area contributed by atoms with E-state index >= 15 is 0 Å². The van der Waals surface area contributed by atoms with Gasteiger partial charge in [0.2, 0.25) is 9.84 Å². The van der Waals surface area contributed by atoms with Gasteiger partial charge in [-0.15, -0.1) is 0 Å². The molecule has 1 amide bonds. The van der Waals surface area contributed by atoms with Gasteiger partial charge in [-0.1, -0.05) is 23.5 Å². The van der Waals surface area contributed by atoms with Gasteiger partial charge in [0.15, 0.2) is 11.7 Å². The molecule has 3 unspecified atom stereocenters. The van der Waals surface area contributed by atoms with Crippen LogP contribution in [0.1, 0.15) is 12.8 Å². The average molecular weight is 463 g/mol. The summed E-state index contributed by atoms with van der Waals surface area (Å²) < 4.78 is 30.3. The van der Waals surface area contributed by atoms with Crippen LogP contribution in [0.2, 0.25) is 0 Å². The number of aromatic nitrogens is 1. The molecule has 2 bridgehead atoms. The highest BCUT2D eigenvalue weighted by Crippen LogP contribution is 2.43. The molecule has 1 N–H and O–H groups in total. The molecular weight excluding hydrogens is 446 g/mol. The van der Waals surface area contributed by atoms with Crippen molar-refractivity contribution in [3.05, 3.63) is 52.7 Å². The molecule has 0 radical (unpaired) electrons. The number of carbonyl (C=O) groups is 2. The normalized spacial score (nSPS) is 21.7. The number of non-ortho nitro benzene ring substituents is 1. The summed E-state index contributed by atoms with van der Waals surface area (Å²) in [6.07, 6.45) is 6.88. The Kier molecular flexibility index (Phi) is 5.58. The Hall–Kier alpha value is -3.12. The van der Waals surface area contributed by atoms with E-state index < -0.39 is 33.2 Å². The molecule has 0 saturated heterocycles. The number of carbonyl (C=O) groups excluding carboxylic acids is 2. The number of nitrogens with zero attached hydrogens (tertiary/aromatic N) is 2. The van der Waals surface area contributed by atoms with Crippen LogP contribution in [0.15, 0.2) is 51.7 Å². The van der Waals surface area contributed by atoms with Crippen LogP contribution in [0.5, 0.6) is 0 Å². The molecule has 10 nitrogen and oxygen atoms in total. The molecule has 4 rings (SSSR count). The SMILES string of the molecule is O=C(COC(=O)C1CC2C=CC1C2)Nc1ncc(S(=O)(=O)c2ccc([N+](=O)[O-])cc2)s1. The Bertz CT molecular complexity index is 1170. The number of fused-ring (bicyclic) bond motifs is 2. The summed E-state index contributed by atoms with van der Waals surface area (Å²) in [6.45, 7) is -0.486. The van der Waals surface area contributed by atoms with Crippen LogP contribution in [-0.2, 0) is 24.2 Å². The van der Waals surface area contributed by atoms with Crippen LogP contribution in [0.3, 0.4) is 0 Å². The second-order valence-electron chi connectivity index (χ2n) is 7.28. The van der Waals surface area contributed by atoms with Crippen LogP contribution in [0, 0.1) is 27.9 Å². The van der Waals surface area contributed by atoms with E-state index in [-0.39, 0.29) is 31.8 Å². The first-order valence-electron chi connectivity index (χ1n) is 9.34. The summed E-state index contributed by atoms with van der Waals surface area (Å²) in [6, 6.07) is 4.46. The van der Waals surface area contributed by atoms with Gasteiger partial charge in [0.05, 0.1) is 21.9 Å². The van der Waals surface area contributed by atoms with Crippen molar-refractivity contribution in [1.82, 2.24) is 4.98 Å². The van der Waals surface area contributed by atoms with E-state index in [1.54, 1.807) is 0 Å². The molecule has 2 aliphatic rings. The average Bonchev–Trinajstić information content (AvgIpc) is 3.49. The van der Waals surface area contributed by atoms with Crippen molar-refractivity contribution in [2.24, 2.45) is 17.8 Å². The van der Waals surface area contributed by atoms with Crippen molar-refractivity contribution >= 4 is 43.9 Å². The highest BCUT2D eigenvalue weighted by atomic mass is 32.2. The van der Waals surface area contributed by atoms with Crippen molar-refractivity contribution < 1.29 is 27.7 Å². The molecule has 1 saturated carbocycles. The fourth-order valence-corrected chi connectivity index (χ4v) is 6.20. The Morgan fingerprint density at radius 3 is 2.58 bits per heavy atom. The molecule has 1 fully saturated rings. The lowest BCUT2D eigenvalue weighted by molar-refractivity contribution is -0.384. The molecule has 12 heteroatoms. The first-order chi connectivity index (χ1) is 14.7. The maximum absolute atomic E-state index is 12.7. The number of benzene rings is 1. The Morgan fingerprint density at radius 1 is 1.23 bits per heavy atom. The predicted octanol–water partition coefficient (Wildman–Crippen LogP) is 2.58. The number of anilines is 1. The zero-order valence-electron chi connectivity index (χ0n) is 16.0. The number of hydrogen-bond acceptors (Lipinski definition) is 9. The number of hydrogen-bond donors (Lipinski definition) is 1. The van der Waals surface area contributed by atoms with E-state index in [4.69, 9.17) is 4.74 Å². The molecule has 2 aromatic rings. The van der Waals surface area contributed by atoms with Crippen molar-refractivity contribution in [3.63, 3.8) is 0 Å². The van der Waals surface area contributed by atoms with Crippen molar-refractivity contribution in [2.45, 2.75) is 21.9 Å². The number of amides is 1. The van der Waals surface area contributed by atoms with Crippen LogP contribution >= 0.6 is 11.3 Å². The minimum atomic E-state index is -3.95. The molecule has 1 aromatic carbocycles. The summed E-state index contributed by atoms with van der Waals surface area (Å²) in [4.78, 5) is 38.1. The molecule has 31 heavy (non-hydrogen) atoms. The first-order valence-corrected chi connectivity index (χ1v) is 11.6. The predicted molar refractivity (Wildman–Crippen MR) is 109 cm³/mol. The summed E-state index contributed by atoms with van der Waals surface area (Å²) in [5.74, 6) is -0.677. The van der Waals surface area contributed by atoms with Gasteiger partial charge >= 0.3 is 5.97 Å². The topological polar surface area (TPSA) is 146 Å². The maximum atomic E-state index is 12.7. The van der Waals surface area contributed by atoms with Crippen LogP contribution in [0.4, 0.5) is 10.8 Å². The third-order valence-corrected chi connectivity index (χ3v) is 8.42. The van der Waals surface area contributed by atoms with Crippen molar-refractivity contribution in [1.29, 1.82) is 0 Å². The number of ether oxygens (including phenoxy) is 1. The number of nitro groups is 1. The van der Waals surface area contributed by atoms with Gasteiger partial charge in [-0.2, -0.15) is 0 Å². The zero-order chi connectivity index (χ0) is 22.2. The lowest BCUT2D eigenvalue weighted by Gasteiger charge is -2.16. The molecule has 2 aliphatic carbocycles. The van der Waals surface area contributed by atoms with Gasteiger partial charge in [-0.05, 0) is 36.8 Å². The lowest BCUT2D eigenvalue weighted by Crippen LogP contribution is -2.26. The quantitative estimate of drug-likeness (QED) is 0.285. The van der Waals surface area contributed by atoms with Crippen molar-refractivity contribution in [3.8, 4) is 0 Å².